The summed E-state index contributed by atoms with van der Waals surface area (Å²) in [5.74, 6) is 0.950. The molecule has 49 heavy (non-hydrogen) atoms. The van der Waals surface area contributed by atoms with E-state index >= 15 is 0 Å². The second kappa shape index (κ2) is 18.5. The van der Waals surface area contributed by atoms with Gasteiger partial charge in [0.15, 0.2) is 5.15 Å². The lowest BCUT2D eigenvalue weighted by atomic mass is 9.98. The fourth-order valence-electron chi connectivity index (χ4n) is 5.23. The zero-order valence-electron chi connectivity index (χ0n) is 27.8. The molecule has 15 nitrogen and oxygen atoms in total. The van der Waals surface area contributed by atoms with Crippen LogP contribution in [0.1, 0.15) is 70.0 Å². The Morgan fingerprint density at radius 2 is 1.84 bits per heavy atom. The van der Waals surface area contributed by atoms with Crippen LogP contribution < -0.4 is 5.32 Å². The van der Waals surface area contributed by atoms with Crippen molar-refractivity contribution >= 4 is 23.7 Å². The number of nitrogens with one attached hydrogen (secondary N) is 2. The molecule has 0 radical (unpaired) electrons. The summed E-state index contributed by atoms with van der Waals surface area (Å²) in [5.41, 5.74) is 4.39. The number of unbranched alkanes of at least 4 members (excludes halogenated alkanes) is 1. The molecule has 262 valence electrons. The molecule has 2 aromatic heterocycles. The van der Waals surface area contributed by atoms with Gasteiger partial charge in [0.05, 0.1) is 18.3 Å². The molecule has 2 N–H and O–H groups in total. The predicted molar refractivity (Wildman–Crippen MR) is 180 cm³/mol. The number of tetrazole rings is 1. The number of carbonyl (C=O) groups excluding carboxylic acids is 2. The summed E-state index contributed by atoms with van der Waals surface area (Å²) in [6.45, 7) is 6.12. The molecule has 2 aromatic carbocycles. The minimum atomic E-state index is -0.912. The molecule has 0 aliphatic heterocycles. The van der Waals surface area contributed by atoms with E-state index in [9.17, 15) is 19.7 Å². The van der Waals surface area contributed by atoms with Crippen molar-refractivity contribution in [2.45, 2.75) is 78.5 Å². The summed E-state index contributed by atoms with van der Waals surface area (Å²) in [6, 6.07) is 15.5. The van der Waals surface area contributed by atoms with E-state index < -0.39 is 23.2 Å². The second-order valence-corrected chi connectivity index (χ2v) is 12.2. The molecular formula is C33H41ClN8O7. The smallest absolute Gasteiger partial charge is 0.407 e. The first-order valence-corrected chi connectivity index (χ1v) is 16.5. The number of halogens is 1. The molecule has 0 bridgehead atoms. The van der Waals surface area contributed by atoms with Crippen molar-refractivity contribution in [3.8, 4) is 22.5 Å². The van der Waals surface area contributed by atoms with Crippen LogP contribution in [0.15, 0.2) is 48.5 Å². The Morgan fingerprint density at radius 1 is 1.08 bits per heavy atom. The number of imidazole rings is 1. The summed E-state index contributed by atoms with van der Waals surface area (Å²) >= 11 is 6.61. The average molecular weight is 697 g/mol. The van der Waals surface area contributed by atoms with E-state index in [4.69, 9.17) is 21.1 Å². The largest absolute Gasteiger partial charge is 0.463 e. The van der Waals surface area contributed by atoms with Gasteiger partial charge >= 0.3 is 12.1 Å². The number of rotatable bonds is 19. The van der Waals surface area contributed by atoms with Crippen molar-refractivity contribution in [2.75, 3.05) is 13.2 Å². The van der Waals surface area contributed by atoms with Crippen LogP contribution in [0.3, 0.4) is 0 Å². The van der Waals surface area contributed by atoms with E-state index in [1.165, 1.54) is 0 Å². The summed E-state index contributed by atoms with van der Waals surface area (Å²) in [5, 5.41) is 26.8. The maximum atomic E-state index is 12.9. The van der Waals surface area contributed by atoms with Crippen LogP contribution in [0, 0.1) is 16.0 Å². The fraction of sp³-hybridized carbons (Fsp3) is 0.455. The molecule has 0 aliphatic rings. The van der Waals surface area contributed by atoms with Crippen LogP contribution in [-0.4, -0.2) is 66.6 Å². The quantitative estimate of drug-likeness (QED) is 0.0510. The molecule has 4 aromatic rings. The molecule has 1 amide bonds. The Kier molecular flexibility index (Phi) is 13.9. The van der Waals surface area contributed by atoms with Gasteiger partial charge in [0.1, 0.15) is 19.0 Å². The topological polar surface area (TPSA) is 189 Å². The molecule has 0 spiro atoms. The van der Waals surface area contributed by atoms with E-state index in [1.807, 2.05) is 66.9 Å². The number of benzene rings is 2. The maximum Gasteiger partial charge on any atom is 0.407 e. The van der Waals surface area contributed by atoms with Crippen LogP contribution in [0.4, 0.5) is 4.79 Å². The van der Waals surface area contributed by atoms with Crippen LogP contribution in [0.25, 0.3) is 22.5 Å². The SMILES string of the molecule is CCCCc1nc(Cl)c(COC(=O)N[C@H](COC(=O)CCCO[N+](=O)[O-])CC(C)C)n1Cc1ccc(-c2ccccc2-c2nn[nH]n2)cc1. The van der Waals surface area contributed by atoms with Crippen molar-refractivity contribution in [1.29, 1.82) is 0 Å². The van der Waals surface area contributed by atoms with Gasteiger partial charge in [0.2, 0.25) is 5.82 Å². The number of ether oxygens (including phenoxy) is 2. The van der Waals surface area contributed by atoms with Crippen LogP contribution >= 0.6 is 11.6 Å². The third-order valence-corrected chi connectivity index (χ3v) is 7.86. The highest BCUT2D eigenvalue weighted by atomic mass is 35.5. The maximum absolute atomic E-state index is 12.9. The Bertz CT molecular complexity index is 1660. The van der Waals surface area contributed by atoms with Gasteiger partial charge in [-0.1, -0.05) is 87.3 Å². The molecule has 4 rings (SSSR count). The summed E-state index contributed by atoms with van der Waals surface area (Å²) in [7, 11) is 0. The van der Waals surface area contributed by atoms with E-state index in [1.54, 1.807) is 0 Å². The Labute approximate surface area is 288 Å². The Morgan fingerprint density at radius 3 is 2.51 bits per heavy atom. The number of aromatic amines is 1. The lowest BCUT2D eigenvalue weighted by Gasteiger charge is -2.20. The lowest BCUT2D eigenvalue weighted by molar-refractivity contribution is -0.757. The first-order valence-electron chi connectivity index (χ1n) is 16.2. The van der Waals surface area contributed by atoms with Gasteiger partial charge in [-0.3, -0.25) is 4.79 Å². The third-order valence-electron chi connectivity index (χ3n) is 7.56. The molecule has 0 saturated carbocycles. The predicted octanol–water partition coefficient (Wildman–Crippen LogP) is 5.95. The number of amides is 1. The molecule has 0 aliphatic carbocycles. The lowest BCUT2D eigenvalue weighted by Crippen LogP contribution is -2.40. The monoisotopic (exact) mass is 696 g/mol. The third kappa shape index (κ3) is 11.3. The normalized spacial score (nSPS) is 11.7. The molecule has 0 fully saturated rings. The molecule has 16 heteroatoms. The molecular weight excluding hydrogens is 656 g/mol. The minimum Gasteiger partial charge on any atom is -0.463 e. The zero-order valence-corrected chi connectivity index (χ0v) is 28.5. The van der Waals surface area contributed by atoms with E-state index in [2.05, 4.69) is 42.7 Å². The Balaban J connectivity index is 1.42. The van der Waals surface area contributed by atoms with Crippen molar-refractivity contribution in [3.63, 3.8) is 0 Å². The van der Waals surface area contributed by atoms with Gasteiger partial charge in [0, 0.05) is 24.9 Å². The highest BCUT2D eigenvalue weighted by Crippen LogP contribution is 2.30. The molecule has 0 saturated heterocycles. The van der Waals surface area contributed by atoms with Crippen LogP contribution in [-0.2, 0) is 38.7 Å². The summed E-state index contributed by atoms with van der Waals surface area (Å²) in [6.07, 6.45) is 2.52. The number of alkyl carbamates (subject to hydrolysis) is 1. The number of aryl methyl sites for hydroxylation is 1. The number of carbonyl (C=O) groups is 2. The summed E-state index contributed by atoms with van der Waals surface area (Å²) in [4.78, 5) is 44.1. The van der Waals surface area contributed by atoms with Gasteiger partial charge in [-0.2, -0.15) is 5.21 Å². The zero-order chi connectivity index (χ0) is 35.2. The fourth-order valence-corrected chi connectivity index (χ4v) is 5.49. The standard InChI is InChI=1S/C33H41ClN8O7/c1-4-5-11-29-36-31(34)28(21-48-33(44)35-25(18-22(2)3)20-47-30(43)12-8-17-49-42(45)46)41(29)19-23-13-15-24(16-14-23)26-9-6-7-10-27(26)32-37-39-40-38-32/h6-7,9-10,13-16,22,25H,4-5,8,11-12,17-21H2,1-3H3,(H,35,44)(H,37,38,39,40)/t25-/m0/s1. The molecule has 0 unspecified atom stereocenters. The van der Waals surface area contributed by atoms with Crippen LogP contribution in [0.2, 0.25) is 5.15 Å². The number of nitrogens with zero attached hydrogens (tertiary/aromatic N) is 6. The van der Waals surface area contributed by atoms with Crippen LogP contribution in [0.5, 0.6) is 0 Å². The van der Waals surface area contributed by atoms with Gasteiger partial charge in [-0.25, -0.2) is 9.78 Å². The first kappa shape index (κ1) is 36.8. The Hall–Kier alpha value is -5.05. The number of H-pyrrole nitrogens is 1. The number of hydrogen-bond donors (Lipinski definition) is 2. The van der Waals surface area contributed by atoms with Crippen molar-refractivity contribution < 1.29 is 29.0 Å². The highest BCUT2D eigenvalue weighted by molar-refractivity contribution is 6.30. The summed E-state index contributed by atoms with van der Waals surface area (Å²) < 4.78 is 12.9. The van der Waals surface area contributed by atoms with Crippen molar-refractivity contribution in [2.24, 2.45) is 5.92 Å². The first-order chi connectivity index (χ1) is 23.6. The number of aromatic nitrogens is 6. The second-order valence-electron chi connectivity index (χ2n) is 11.8. The number of esters is 1. The van der Waals surface area contributed by atoms with E-state index in [-0.39, 0.29) is 43.7 Å². The van der Waals surface area contributed by atoms with Crippen molar-refractivity contribution in [1.82, 2.24) is 35.5 Å². The van der Waals surface area contributed by atoms with E-state index in [0.29, 0.717) is 30.9 Å². The van der Waals surface area contributed by atoms with Gasteiger partial charge in [0.25, 0.3) is 5.09 Å². The van der Waals surface area contributed by atoms with Crippen molar-refractivity contribution in [3.05, 3.63) is 80.9 Å². The van der Waals surface area contributed by atoms with Gasteiger partial charge in [-0.05, 0) is 47.1 Å². The highest BCUT2D eigenvalue weighted by Gasteiger charge is 2.21. The molecule has 1 atom stereocenters. The number of hydrogen-bond acceptors (Lipinski definition) is 11. The molecule has 2 heterocycles. The average Bonchev–Trinajstić information content (AvgIpc) is 3.72. The minimum absolute atomic E-state index is 0.0498. The van der Waals surface area contributed by atoms with E-state index in [0.717, 1.165) is 40.9 Å². The van der Waals surface area contributed by atoms with Gasteiger partial charge < -0.3 is 24.2 Å². The van der Waals surface area contributed by atoms with Gasteiger partial charge in [-0.15, -0.1) is 20.3 Å².